The van der Waals surface area contributed by atoms with Crippen LogP contribution in [0.1, 0.15) is 31.4 Å². The van der Waals surface area contributed by atoms with Gasteiger partial charge in [-0.05, 0) is 37.4 Å². The van der Waals surface area contributed by atoms with E-state index in [1.54, 1.807) is 0 Å². The van der Waals surface area contributed by atoms with Gasteiger partial charge in [-0.2, -0.15) is 0 Å². The van der Waals surface area contributed by atoms with E-state index in [9.17, 15) is 0 Å². The summed E-state index contributed by atoms with van der Waals surface area (Å²) in [5.41, 5.74) is 1.72. The molecule has 18 heavy (non-hydrogen) atoms. The van der Waals surface area contributed by atoms with Gasteiger partial charge in [0.2, 0.25) is 0 Å². The molecule has 0 atom stereocenters. The van der Waals surface area contributed by atoms with Gasteiger partial charge in [-0.25, -0.2) is 0 Å². The van der Waals surface area contributed by atoms with Crippen LogP contribution >= 0.6 is 15.9 Å². The summed E-state index contributed by atoms with van der Waals surface area (Å²) < 4.78 is 0. The lowest BCUT2D eigenvalue weighted by Gasteiger charge is -2.31. The predicted molar refractivity (Wildman–Crippen MR) is 80.1 cm³/mol. The zero-order valence-corrected chi connectivity index (χ0v) is 12.8. The van der Waals surface area contributed by atoms with Crippen molar-refractivity contribution in [3.05, 3.63) is 30.1 Å². The zero-order valence-electron chi connectivity index (χ0n) is 11.2. The molecule has 100 valence electrons. The van der Waals surface area contributed by atoms with Gasteiger partial charge in [0.25, 0.3) is 0 Å². The maximum atomic E-state index is 4.38. The fourth-order valence-electron chi connectivity index (χ4n) is 2.96. The van der Waals surface area contributed by atoms with E-state index < -0.39 is 0 Å². The first kappa shape index (κ1) is 14.0. The van der Waals surface area contributed by atoms with Crippen LogP contribution in [0.15, 0.2) is 24.4 Å². The van der Waals surface area contributed by atoms with Gasteiger partial charge in [0.1, 0.15) is 0 Å². The maximum absolute atomic E-state index is 4.38. The van der Waals surface area contributed by atoms with Crippen LogP contribution in [0.5, 0.6) is 0 Å². The monoisotopic (exact) mass is 310 g/mol. The fourth-order valence-corrected chi connectivity index (χ4v) is 3.70. The Labute approximate surface area is 119 Å². The molecule has 0 N–H and O–H groups in total. The number of pyridine rings is 1. The first-order chi connectivity index (χ1) is 8.74. The minimum Gasteiger partial charge on any atom is -0.305 e. The fraction of sp³-hybridized carbons (Fsp3) is 0.667. The van der Waals surface area contributed by atoms with E-state index in [0.29, 0.717) is 5.41 Å². The molecule has 0 amide bonds. The van der Waals surface area contributed by atoms with Crippen LogP contribution in [0.2, 0.25) is 0 Å². The summed E-state index contributed by atoms with van der Waals surface area (Å²) in [6.45, 7) is 2.32. The number of rotatable bonds is 6. The maximum Gasteiger partial charge on any atom is 0.0416 e. The van der Waals surface area contributed by atoms with Gasteiger partial charge in [0, 0.05) is 36.7 Å². The summed E-state index contributed by atoms with van der Waals surface area (Å²) in [5.74, 6) is 0. The smallest absolute Gasteiger partial charge is 0.0416 e. The van der Waals surface area contributed by atoms with Crippen molar-refractivity contribution in [1.82, 2.24) is 9.88 Å². The van der Waals surface area contributed by atoms with Crippen LogP contribution in [-0.2, 0) is 6.42 Å². The Balaban J connectivity index is 1.79. The highest BCUT2D eigenvalue weighted by molar-refractivity contribution is 9.09. The van der Waals surface area contributed by atoms with E-state index in [2.05, 4.69) is 45.0 Å². The lowest BCUT2D eigenvalue weighted by molar-refractivity contribution is 0.203. The van der Waals surface area contributed by atoms with E-state index in [-0.39, 0.29) is 0 Å². The summed E-state index contributed by atoms with van der Waals surface area (Å²) >= 11 is 3.72. The van der Waals surface area contributed by atoms with Crippen molar-refractivity contribution in [3.63, 3.8) is 0 Å². The number of halogens is 1. The van der Waals surface area contributed by atoms with Crippen molar-refractivity contribution in [3.8, 4) is 0 Å². The Morgan fingerprint density at radius 2 is 2.11 bits per heavy atom. The van der Waals surface area contributed by atoms with Crippen molar-refractivity contribution in [2.75, 3.05) is 25.5 Å². The molecular weight excluding hydrogens is 288 g/mol. The van der Waals surface area contributed by atoms with Crippen molar-refractivity contribution in [2.24, 2.45) is 5.41 Å². The van der Waals surface area contributed by atoms with Gasteiger partial charge < -0.3 is 4.90 Å². The summed E-state index contributed by atoms with van der Waals surface area (Å²) in [6, 6.07) is 6.16. The van der Waals surface area contributed by atoms with Gasteiger partial charge in [-0.1, -0.05) is 34.8 Å². The third kappa shape index (κ3) is 3.79. The molecule has 1 aliphatic carbocycles. The molecule has 1 heterocycles. The lowest BCUT2D eigenvalue weighted by atomic mass is 9.88. The van der Waals surface area contributed by atoms with E-state index in [4.69, 9.17) is 0 Å². The third-order valence-corrected chi connectivity index (χ3v) is 5.22. The first-order valence-corrected chi connectivity index (χ1v) is 8.01. The molecule has 0 saturated heterocycles. The SMILES string of the molecule is CN(CCc1ccccn1)CC1(CBr)CCCC1. The van der Waals surface area contributed by atoms with Gasteiger partial charge >= 0.3 is 0 Å². The Bertz CT molecular complexity index is 347. The molecule has 0 radical (unpaired) electrons. The molecule has 2 nitrogen and oxygen atoms in total. The molecule has 0 unspecified atom stereocenters. The topological polar surface area (TPSA) is 16.1 Å². The molecule has 0 aliphatic heterocycles. The molecule has 1 aliphatic rings. The molecule has 1 aromatic heterocycles. The second-order valence-corrected chi connectivity index (χ2v) is 6.21. The van der Waals surface area contributed by atoms with Gasteiger partial charge in [-0.15, -0.1) is 0 Å². The van der Waals surface area contributed by atoms with Crippen LogP contribution in [-0.4, -0.2) is 35.4 Å². The summed E-state index contributed by atoms with van der Waals surface area (Å²) in [5, 5.41) is 1.15. The molecule has 3 heteroatoms. The average Bonchev–Trinajstić information content (AvgIpc) is 2.87. The van der Waals surface area contributed by atoms with Crippen LogP contribution in [0, 0.1) is 5.41 Å². The summed E-state index contributed by atoms with van der Waals surface area (Å²) in [7, 11) is 2.24. The van der Waals surface area contributed by atoms with Crippen LogP contribution in [0.25, 0.3) is 0 Å². The molecule has 1 fully saturated rings. The minimum absolute atomic E-state index is 0.527. The number of hydrogen-bond donors (Lipinski definition) is 0. The van der Waals surface area contributed by atoms with Crippen molar-refractivity contribution < 1.29 is 0 Å². The van der Waals surface area contributed by atoms with E-state index in [1.165, 1.54) is 37.9 Å². The molecule has 0 spiro atoms. The second-order valence-electron chi connectivity index (χ2n) is 5.65. The number of hydrogen-bond acceptors (Lipinski definition) is 2. The molecule has 2 rings (SSSR count). The Kier molecular flexibility index (Phi) is 5.19. The lowest BCUT2D eigenvalue weighted by Crippen LogP contribution is -2.36. The number of alkyl halides is 1. The Morgan fingerprint density at radius 1 is 1.33 bits per heavy atom. The standard InChI is InChI=1S/C15H23BrN2/c1-18(11-7-14-6-2-5-10-17-14)13-15(12-16)8-3-4-9-15/h2,5-6,10H,3-4,7-9,11-13H2,1H3. The Hall–Kier alpha value is -0.410. The predicted octanol–water partition coefficient (Wildman–Crippen LogP) is 3.51. The average molecular weight is 311 g/mol. The number of nitrogens with zero attached hydrogens (tertiary/aromatic N) is 2. The summed E-state index contributed by atoms with van der Waals surface area (Å²) in [4.78, 5) is 6.86. The molecule has 0 aromatic carbocycles. The molecule has 0 bridgehead atoms. The summed E-state index contributed by atoms with van der Waals surface area (Å²) in [6.07, 6.45) is 8.50. The highest BCUT2D eigenvalue weighted by atomic mass is 79.9. The van der Waals surface area contributed by atoms with Crippen molar-refractivity contribution >= 4 is 15.9 Å². The molecule has 1 saturated carbocycles. The normalized spacial score (nSPS) is 18.4. The van der Waals surface area contributed by atoms with Crippen LogP contribution < -0.4 is 0 Å². The van der Waals surface area contributed by atoms with Crippen molar-refractivity contribution in [1.29, 1.82) is 0 Å². The van der Waals surface area contributed by atoms with Crippen molar-refractivity contribution in [2.45, 2.75) is 32.1 Å². The van der Waals surface area contributed by atoms with Gasteiger partial charge in [-0.3, -0.25) is 4.98 Å². The largest absolute Gasteiger partial charge is 0.305 e. The van der Waals surface area contributed by atoms with E-state index in [1.807, 2.05) is 12.3 Å². The minimum atomic E-state index is 0.527. The molecule has 1 aromatic rings. The van der Waals surface area contributed by atoms with E-state index >= 15 is 0 Å². The van der Waals surface area contributed by atoms with Gasteiger partial charge in [0.05, 0.1) is 0 Å². The number of likely N-dealkylation sites (N-methyl/N-ethyl adjacent to an activating group) is 1. The molecular formula is C15H23BrN2. The third-order valence-electron chi connectivity index (χ3n) is 4.03. The highest BCUT2D eigenvalue weighted by Crippen LogP contribution is 2.40. The first-order valence-electron chi connectivity index (χ1n) is 6.89. The Morgan fingerprint density at radius 3 is 2.72 bits per heavy atom. The quantitative estimate of drug-likeness (QED) is 0.747. The number of aromatic nitrogens is 1. The zero-order chi connectivity index (χ0) is 12.8. The van der Waals surface area contributed by atoms with Crippen LogP contribution in [0.4, 0.5) is 0 Å². The van der Waals surface area contributed by atoms with Gasteiger partial charge in [0.15, 0.2) is 0 Å². The van der Waals surface area contributed by atoms with Crippen LogP contribution in [0.3, 0.4) is 0 Å². The highest BCUT2D eigenvalue weighted by Gasteiger charge is 2.33. The second kappa shape index (κ2) is 6.67. The van der Waals surface area contributed by atoms with E-state index in [0.717, 1.165) is 18.3 Å².